The maximum Gasteiger partial charge on any atom is 0.323 e. The second kappa shape index (κ2) is 6.71. The average Bonchev–Trinajstić information content (AvgIpc) is 3.09. The number of aromatic nitrogens is 3. The van der Waals surface area contributed by atoms with Crippen molar-refractivity contribution in [2.75, 3.05) is 6.54 Å². The zero-order chi connectivity index (χ0) is 17.3. The van der Waals surface area contributed by atoms with Crippen LogP contribution in [-0.2, 0) is 9.59 Å². The summed E-state index contributed by atoms with van der Waals surface area (Å²) in [5.74, 6) is -1.57. The summed E-state index contributed by atoms with van der Waals surface area (Å²) in [6, 6.07) is 7.03. The minimum absolute atomic E-state index is 0.207. The highest BCUT2D eigenvalue weighted by Gasteiger charge is 2.33. The molecule has 1 amide bonds. The second-order valence-electron chi connectivity index (χ2n) is 4.73. The summed E-state index contributed by atoms with van der Waals surface area (Å²) in [7, 11) is 0. The highest BCUT2D eigenvalue weighted by Crippen LogP contribution is 2.32. The van der Waals surface area contributed by atoms with Crippen LogP contribution in [0, 0.1) is 0 Å². The number of amides is 1. The summed E-state index contributed by atoms with van der Waals surface area (Å²) in [6.45, 7) is -0.459. The molecule has 1 N–H and O–H groups in total. The van der Waals surface area contributed by atoms with Gasteiger partial charge in [0.05, 0.1) is 16.8 Å². The summed E-state index contributed by atoms with van der Waals surface area (Å²) in [5, 5.41) is 17.4. The normalized spacial score (nSPS) is 16.2. The number of carboxylic acids is 1. The smallest absolute Gasteiger partial charge is 0.323 e. The number of nitrogens with zero attached hydrogens (tertiary/aromatic N) is 4. The highest BCUT2D eigenvalue weighted by molar-refractivity contribution is 8.26. The number of rotatable bonds is 4. The van der Waals surface area contributed by atoms with Crippen molar-refractivity contribution in [1.82, 2.24) is 19.9 Å². The Morgan fingerprint density at radius 1 is 1.38 bits per heavy atom. The molecule has 1 saturated heterocycles. The molecule has 2 aromatic rings. The van der Waals surface area contributed by atoms with E-state index in [0.29, 0.717) is 15.6 Å². The van der Waals surface area contributed by atoms with E-state index in [-0.39, 0.29) is 4.32 Å². The summed E-state index contributed by atoms with van der Waals surface area (Å²) in [6.07, 6.45) is 3.17. The van der Waals surface area contributed by atoms with Crippen LogP contribution in [-0.4, -0.2) is 47.7 Å². The van der Waals surface area contributed by atoms with E-state index < -0.39 is 18.4 Å². The third kappa shape index (κ3) is 3.48. The first-order valence-electron chi connectivity index (χ1n) is 6.59. The van der Waals surface area contributed by atoms with Gasteiger partial charge in [-0.25, -0.2) is 4.68 Å². The zero-order valence-corrected chi connectivity index (χ0v) is 14.3. The van der Waals surface area contributed by atoms with Crippen molar-refractivity contribution < 1.29 is 14.7 Å². The lowest BCUT2D eigenvalue weighted by atomic mass is 10.3. The molecule has 1 aliphatic rings. The van der Waals surface area contributed by atoms with Gasteiger partial charge in [0.1, 0.15) is 16.6 Å². The van der Waals surface area contributed by atoms with Gasteiger partial charge in [-0.3, -0.25) is 14.5 Å². The van der Waals surface area contributed by atoms with E-state index in [9.17, 15) is 9.59 Å². The maximum atomic E-state index is 12.2. The molecular formula is C14H9ClN4O3S2. The van der Waals surface area contributed by atoms with Gasteiger partial charge in [0.15, 0.2) is 0 Å². The molecule has 7 nitrogen and oxygen atoms in total. The summed E-state index contributed by atoms with van der Waals surface area (Å²) >= 11 is 11.9. The van der Waals surface area contributed by atoms with Gasteiger partial charge < -0.3 is 5.11 Å². The van der Waals surface area contributed by atoms with Crippen molar-refractivity contribution in [2.24, 2.45) is 0 Å². The van der Waals surface area contributed by atoms with E-state index in [1.165, 1.54) is 6.08 Å². The predicted molar refractivity (Wildman–Crippen MR) is 93.9 cm³/mol. The summed E-state index contributed by atoms with van der Waals surface area (Å²) < 4.78 is 1.75. The Bertz CT molecular complexity index is 863. The van der Waals surface area contributed by atoms with E-state index in [1.807, 2.05) is 0 Å². The van der Waals surface area contributed by atoms with Crippen LogP contribution in [0.4, 0.5) is 0 Å². The van der Waals surface area contributed by atoms with Crippen LogP contribution < -0.4 is 0 Å². The molecular weight excluding hydrogens is 372 g/mol. The number of thiocarbonyl (C=S) groups is 1. The Hall–Kier alpha value is -2.23. The molecule has 122 valence electrons. The number of hydrogen-bond donors (Lipinski definition) is 1. The Morgan fingerprint density at radius 3 is 2.75 bits per heavy atom. The first-order chi connectivity index (χ1) is 11.4. The van der Waals surface area contributed by atoms with E-state index in [4.69, 9.17) is 28.9 Å². The number of thioether (sulfide) groups is 1. The lowest BCUT2D eigenvalue weighted by Gasteiger charge is -2.09. The fourth-order valence-electron chi connectivity index (χ4n) is 1.97. The Balaban J connectivity index is 1.82. The average molecular weight is 381 g/mol. The van der Waals surface area contributed by atoms with Gasteiger partial charge >= 0.3 is 5.97 Å². The molecule has 0 aliphatic carbocycles. The lowest BCUT2D eigenvalue weighted by Crippen LogP contribution is -2.33. The molecule has 1 aromatic carbocycles. The standard InChI is InChI=1S/C14H9ClN4O3S2/c15-8-1-3-10(4-2-8)19-6-9(16-17-19)5-11-13(22)18(7-12(20)21)14(23)24-11/h1-6H,7H2,(H,20,21)/b11-5-. The number of aliphatic carboxylic acids is 1. The van der Waals surface area contributed by atoms with Crippen LogP contribution in [0.15, 0.2) is 35.4 Å². The van der Waals surface area contributed by atoms with Crippen molar-refractivity contribution in [3.8, 4) is 5.69 Å². The van der Waals surface area contributed by atoms with Crippen LogP contribution in [0.1, 0.15) is 5.69 Å². The van der Waals surface area contributed by atoms with E-state index in [2.05, 4.69) is 10.3 Å². The summed E-state index contributed by atoms with van der Waals surface area (Å²) in [5.41, 5.74) is 1.23. The molecule has 1 fully saturated rings. The van der Waals surface area contributed by atoms with Gasteiger partial charge in [0.2, 0.25) is 0 Å². The molecule has 0 unspecified atom stereocenters. The van der Waals surface area contributed by atoms with Crippen molar-refractivity contribution in [3.63, 3.8) is 0 Å². The number of hydrogen-bond acceptors (Lipinski definition) is 6. The van der Waals surface area contributed by atoms with Gasteiger partial charge in [-0.2, -0.15) is 0 Å². The zero-order valence-electron chi connectivity index (χ0n) is 11.9. The van der Waals surface area contributed by atoms with Crippen molar-refractivity contribution in [2.45, 2.75) is 0 Å². The van der Waals surface area contributed by atoms with Crippen LogP contribution in [0.25, 0.3) is 11.8 Å². The monoisotopic (exact) mass is 380 g/mol. The number of benzene rings is 1. The molecule has 1 aliphatic heterocycles. The van der Waals surface area contributed by atoms with Gasteiger partial charge in [-0.05, 0) is 30.3 Å². The molecule has 0 spiro atoms. The van der Waals surface area contributed by atoms with E-state index >= 15 is 0 Å². The Morgan fingerprint density at radius 2 is 2.08 bits per heavy atom. The highest BCUT2D eigenvalue weighted by atomic mass is 35.5. The maximum absolute atomic E-state index is 12.2. The molecule has 10 heteroatoms. The Labute approximate surface area is 150 Å². The van der Waals surface area contributed by atoms with Gasteiger partial charge in [0.25, 0.3) is 5.91 Å². The quantitative estimate of drug-likeness (QED) is 0.642. The van der Waals surface area contributed by atoms with Gasteiger partial charge in [0, 0.05) is 5.02 Å². The molecule has 1 aromatic heterocycles. The summed E-state index contributed by atoms with van der Waals surface area (Å²) in [4.78, 5) is 24.3. The van der Waals surface area contributed by atoms with E-state index in [1.54, 1.807) is 35.1 Å². The third-order valence-corrected chi connectivity index (χ3v) is 4.68. The molecule has 24 heavy (non-hydrogen) atoms. The van der Waals surface area contributed by atoms with Crippen molar-refractivity contribution in [1.29, 1.82) is 0 Å². The fraction of sp³-hybridized carbons (Fsp3) is 0.0714. The third-order valence-electron chi connectivity index (χ3n) is 3.05. The van der Waals surface area contributed by atoms with Gasteiger partial charge in [-0.15, -0.1) is 5.10 Å². The van der Waals surface area contributed by atoms with E-state index in [0.717, 1.165) is 22.3 Å². The minimum atomic E-state index is -1.12. The molecule has 0 radical (unpaired) electrons. The largest absolute Gasteiger partial charge is 0.480 e. The van der Waals surface area contributed by atoms with Crippen LogP contribution in [0.2, 0.25) is 5.02 Å². The molecule has 0 bridgehead atoms. The number of carboxylic acid groups (broad SMARTS) is 1. The lowest BCUT2D eigenvalue weighted by molar-refractivity contribution is -0.140. The van der Waals surface area contributed by atoms with Crippen molar-refractivity contribution in [3.05, 3.63) is 46.1 Å². The van der Waals surface area contributed by atoms with Crippen LogP contribution in [0.5, 0.6) is 0 Å². The van der Waals surface area contributed by atoms with Crippen molar-refractivity contribution >= 4 is 57.9 Å². The molecule has 2 heterocycles. The molecule has 0 atom stereocenters. The Kier molecular flexibility index (Phi) is 4.65. The number of carbonyl (C=O) groups is 2. The first-order valence-corrected chi connectivity index (χ1v) is 8.20. The predicted octanol–water partition coefficient (Wildman–Crippen LogP) is 2.21. The van der Waals surface area contributed by atoms with Crippen LogP contribution in [0.3, 0.4) is 0 Å². The second-order valence-corrected chi connectivity index (χ2v) is 6.84. The number of halogens is 1. The van der Waals surface area contributed by atoms with Gasteiger partial charge in [-0.1, -0.05) is 40.8 Å². The minimum Gasteiger partial charge on any atom is -0.480 e. The number of carbonyl (C=O) groups excluding carboxylic acids is 1. The molecule has 0 saturated carbocycles. The van der Waals surface area contributed by atoms with Crippen LogP contribution >= 0.6 is 35.6 Å². The molecule has 3 rings (SSSR count). The fourth-order valence-corrected chi connectivity index (χ4v) is 3.33. The first kappa shape index (κ1) is 16.6. The topological polar surface area (TPSA) is 88.3 Å². The SMILES string of the molecule is O=C(O)CN1C(=O)/C(=C/c2cn(-c3ccc(Cl)cc3)nn2)SC1=S.